The first-order valence-electron chi connectivity index (χ1n) is 10.2. The molecule has 4 aliphatic carbocycles. The highest BCUT2D eigenvalue weighted by Gasteiger charge is 2.72. The first kappa shape index (κ1) is 19.1. The minimum atomic E-state index is -0.691. The standard InChI is InChI=1S/C22H32O5/c1-11-13-8-14(24)17-21(5)7-6-16(25)20(3,4)18(21)15(27-12(2)23)10-22(17,9-13)19(11)26/h13-18,24-25H,1,6-10H2,2-5H3/t13-,14+,15+,16+,17+,18-,21-,22+/m1/s1. The van der Waals surface area contributed by atoms with Crippen molar-refractivity contribution < 1.29 is 24.5 Å². The number of fused-ring (bicyclic) bond motifs is 3. The predicted molar refractivity (Wildman–Crippen MR) is 99.6 cm³/mol. The first-order valence-corrected chi connectivity index (χ1v) is 10.2. The summed E-state index contributed by atoms with van der Waals surface area (Å²) < 4.78 is 5.81. The smallest absolute Gasteiger partial charge is 0.302 e. The molecule has 0 aliphatic heterocycles. The molecule has 4 saturated carbocycles. The third-order valence-corrected chi connectivity index (χ3v) is 8.65. The van der Waals surface area contributed by atoms with Gasteiger partial charge in [0.25, 0.3) is 0 Å². The number of Topliss-reactive ketones (excluding diaryl/α,β-unsaturated/α-hetero) is 1. The van der Waals surface area contributed by atoms with E-state index in [1.54, 1.807) is 0 Å². The SMILES string of the molecule is C=C1C(=O)[C@]23C[C@H]1C[C@H](O)[C@H]2[C@@]1(C)CC[C@H](O)C(C)(C)[C@H]1[C@@H](OC(C)=O)C3. The van der Waals surface area contributed by atoms with Crippen molar-refractivity contribution in [1.82, 2.24) is 0 Å². The topological polar surface area (TPSA) is 83.8 Å². The van der Waals surface area contributed by atoms with Gasteiger partial charge in [-0.1, -0.05) is 27.4 Å². The number of esters is 1. The lowest BCUT2D eigenvalue weighted by molar-refractivity contribution is -0.246. The molecule has 150 valence electrons. The largest absolute Gasteiger partial charge is 0.462 e. The van der Waals surface area contributed by atoms with Crippen LogP contribution < -0.4 is 0 Å². The maximum absolute atomic E-state index is 13.4. The van der Waals surface area contributed by atoms with E-state index in [1.807, 2.05) is 13.8 Å². The van der Waals surface area contributed by atoms with Gasteiger partial charge in [-0.3, -0.25) is 9.59 Å². The summed E-state index contributed by atoms with van der Waals surface area (Å²) in [6.07, 6.45) is 1.57. The number of ketones is 1. The molecule has 0 saturated heterocycles. The monoisotopic (exact) mass is 376 g/mol. The molecule has 5 nitrogen and oxygen atoms in total. The lowest BCUT2D eigenvalue weighted by atomic mass is 9.39. The van der Waals surface area contributed by atoms with E-state index >= 15 is 0 Å². The lowest BCUT2D eigenvalue weighted by Gasteiger charge is -2.66. The fourth-order valence-corrected chi connectivity index (χ4v) is 7.91. The Morgan fingerprint density at radius 3 is 2.48 bits per heavy atom. The molecule has 0 radical (unpaired) electrons. The number of carbonyl (C=O) groups is 2. The van der Waals surface area contributed by atoms with Gasteiger partial charge in [-0.2, -0.15) is 0 Å². The molecular formula is C22H32O5. The Morgan fingerprint density at radius 2 is 1.85 bits per heavy atom. The van der Waals surface area contributed by atoms with Crippen molar-refractivity contribution in [2.45, 2.75) is 78.1 Å². The van der Waals surface area contributed by atoms with Crippen molar-refractivity contribution >= 4 is 11.8 Å². The Balaban J connectivity index is 1.89. The summed E-state index contributed by atoms with van der Waals surface area (Å²) in [4.78, 5) is 25.3. The van der Waals surface area contributed by atoms with Gasteiger partial charge < -0.3 is 14.9 Å². The summed E-state index contributed by atoms with van der Waals surface area (Å²) in [5.74, 6) is -0.554. The van der Waals surface area contributed by atoms with Gasteiger partial charge in [-0.25, -0.2) is 0 Å². The Morgan fingerprint density at radius 1 is 1.19 bits per heavy atom. The summed E-state index contributed by atoms with van der Waals surface area (Å²) in [6, 6.07) is 0. The van der Waals surface area contributed by atoms with Crippen LogP contribution in [-0.4, -0.2) is 40.3 Å². The van der Waals surface area contributed by atoms with E-state index < -0.39 is 29.1 Å². The summed E-state index contributed by atoms with van der Waals surface area (Å²) in [5, 5.41) is 21.9. The van der Waals surface area contributed by atoms with Crippen molar-refractivity contribution in [1.29, 1.82) is 0 Å². The quantitative estimate of drug-likeness (QED) is 0.543. The number of hydrogen-bond donors (Lipinski definition) is 2. The molecule has 1 spiro atoms. The van der Waals surface area contributed by atoms with Crippen LogP contribution in [-0.2, 0) is 14.3 Å². The van der Waals surface area contributed by atoms with E-state index in [-0.39, 0.29) is 34.9 Å². The van der Waals surface area contributed by atoms with Crippen molar-refractivity contribution in [3.05, 3.63) is 12.2 Å². The third kappa shape index (κ3) is 2.30. The molecule has 0 heterocycles. The van der Waals surface area contributed by atoms with E-state index in [0.717, 1.165) is 0 Å². The molecule has 0 unspecified atom stereocenters. The highest BCUT2D eigenvalue weighted by Crippen LogP contribution is 2.71. The van der Waals surface area contributed by atoms with Gasteiger partial charge in [0.15, 0.2) is 5.78 Å². The zero-order valence-electron chi connectivity index (χ0n) is 16.8. The van der Waals surface area contributed by atoms with E-state index in [2.05, 4.69) is 13.5 Å². The normalized spacial score (nSPS) is 50.7. The minimum Gasteiger partial charge on any atom is -0.462 e. The van der Waals surface area contributed by atoms with Crippen LogP contribution in [0.2, 0.25) is 0 Å². The molecule has 2 N–H and O–H groups in total. The minimum absolute atomic E-state index is 0.0315. The number of ether oxygens (including phenoxy) is 1. The van der Waals surface area contributed by atoms with Crippen LogP contribution in [0.25, 0.3) is 0 Å². The molecule has 2 bridgehead atoms. The van der Waals surface area contributed by atoms with E-state index in [0.29, 0.717) is 37.7 Å². The Hall–Kier alpha value is -1.20. The number of allylic oxidation sites excluding steroid dienone is 1. The van der Waals surface area contributed by atoms with Gasteiger partial charge in [0.1, 0.15) is 6.10 Å². The molecule has 5 heteroatoms. The predicted octanol–water partition coefficient (Wildman–Crippen LogP) is 2.64. The van der Waals surface area contributed by atoms with Crippen LogP contribution >= 0.6 is 0 Å². The van der Waals surface area contributed by atoms with E-state index in [1.165, 1.54) is 6.92 Å². The molecule has 0 aromatic heterocycles. The van der Waals surface area contributed by atoms with E-state index in [4.69, 9.17) is 4.74 Å². The number of carbonyl (C=O) groups excluding carboxylic acids is 2. The van der Waals surface area contributed by atoms with Crippen LogP contribution in [0.4, 0.5) is 0 Å². The van der Waals surface area contributed by atoms with Gasteiger partial charge in [0.2, 0.25) is 0 Å². The number of hydrogen-bond acceptors (Lipinski definition) is 5. The van der Waals surface area contributed by atoms with Crippen molar-refractivity contribution in [2.24, 2.45) is 34.0 Å². The summed E-state index contributed by atoms with van der Waals surface area (Å²) in [5.41, 5.74) is -0.908. The second-order valence-electron chi connectivity index (χ2n) is 10.4. The molecule has 4 aliphatic rings. The molecule has 27 heavy (non-hydrogen) atoms. The summed E-state index contributed by atoms with van der Waals surface area (Å²) >= 11 is 0. The zero-order valence-corrected chi connectivity index (χ0v) is 16.8. The first-order chi connectivity index (χ1) is 12.4. The number of rotatable bonds is 1. The third-order valence-electron chi connectivity index (χ3n) is 8.65. The number of aliphatic hydroxyl groups excluding tert-OH is 2. The molecule has 0 aromatic rings. The second-order valence-corrected chi connectivity index (χ2v) is 10.4. The van der Waals surface area contributed by atoms with Crippen LogP contribution in [0.5, 0.6) is 0 Å². The zero-order chi connectivity index (χ0) is 19.9. The van der Waals surface area contributed by atoms with Crippen molar-refractivity contribution in [3.63, 3.8) is 0 Å². The highest BCUT2D eigenvalue weighted by atomic mass is 16.5. The average Bonchev–Trinajstić information content (AvgIpc) is 2.71. The summed E-state index contributed by atoms with van der Waals surface area (Å²) in [7, 11) is 0. The van der Waals surface area contributed by atoms with Crippen LogP contribution in [0, 0.1) is 34.0 Å². The Labute approximate surface area is 161 Å². The molecule has 0 amide bonds. The second kappa shape index (κ2) is 5.66. The fourth-order valence-electron chi connectivity index (χ4n) is 7.91. The highest BCUT2D eigenvalue weighted by molar-refractivity contribution is 6.03. The average molecular weight is 376 g/mol. The molecule has 4 fully saturated rings. The van der Waals surface area contributed by atoms with Crippen LogP contribution in [0.1, 0.15) is 59.8 Å². The fraction of sp³-hybridized carbons (Fsp3) is 0.818. The van der Waals surface area contributed by atoms with Gasteiger partial charge in [0.05, 0.1) is 12.2 Å². The number of aliphatic hydroxyl groups is 2. The van der Waals surface area contributed by atoms with Gasteiger partial charge >= 0.3 is 5.97 Å². The maximum Gasteiger partial charge on any atom is 0.302 e. The van der Waals surface area contributed by atoms with Crippen LogP contribution in [0.3, 0.4) is 0 Å². The Kier molecular flexibility index (Phi) is 4.01. The lowest BCUT2D eigenvalue weighted by Crippen LogP contribution is -2.68. The van der Waals surface area contributed by atoms with Crippen molar-refractivity contribution in [3.8, 4) is 0 Å². The van der Waals surface area contributed by atoms with Gasteiger partial charge in [-0.05, 0) is 54.4 Å². The van der Waals surface area contributed by atoms with Gasteiger partial charge in [-0.15, -0.1) is 0 Å². The summed E-state index contributed by atoms with van der Waals surface area (Å²) in [6.45, 7) is 11.7. The van der Waals surface area contributed by atoms with E-state index in [9.17, 15) is 19.8 Å². The van der Waals surface area contributed by atoms with Crippen LogP contribution in [0.15, 0.2) is 12.2 Å². The maximum atomic E-state index is 13.4. The molecule has 4 rings (SSSR count). The molecule has 0 aromatic carbocycles. The molecular weight excluding hydrogens is 344 g/mol. The van der Waals surface area contributed by atoms with Gasteiger partial charge in [0, 0.05) is 24.2 Å². The van der Waals surface area contributed by atoms with Crippen molar-refractivity contribution in [2.75, 3.05) is 0 Å². The Bertz CT molecular complexity index is 711. The molecule has 8 atom stereocenters.